The Morgan fingerprint density at radius 3 is 2.81 bits per heavy atom. The fraction of sp³-hybridized carbons (Fsp3) is 0.500. The third-order valence-electron chi connectivity index (χ3n) is 4.27. The molecular formula is C16H20N2O3. The van der Waals surface area contributed by atoms with Gasteiger partial charge in [-0.2, -0.15) is 0 Å². The van der Waals surface area contributed by atoms with Crippen LogP contribution in [-0.4, -0.2) is 31.3 Å². The van der Waals surface area contributed by atoms with Crippen molar-refractivity contribution in [3.05, 3.63) is 30.1 Å². The number of carbonyl (C=O) groups is 1. The summed E-state index contributed by atoms with van der Waals surface area (Å²) in [5.74, 6) is -0.384. The number of nitrogens with zero attached hydrogens (tertiary/aromatic N) is 2. The van der Waals surface area contributed by atoms with E-state index in [4.69, 9.17) is 5.11 Å². The first-order valence-electron chi connectivity index (χ1n) is 7.42. The van der Waals surface area contributed by atoms with Crippen LogP contribution >= 0.6 is 0 Å². The average molecular weight is 288 g/mol. The number of para-hydroxylation sites is 2. The number of imidazole rings is 1. The number of hydrogen-bond donors (Lipinski definition) is 2. The van der Waals surface area contributed by atoms with Crippen LogP contribution in [0.5, 0.6) is 0 Å². The molecule has 5 heteroatoms. The van der Waals surface area contributed by atoms with Gasteiger partial charge in [-0.05, 0) is 31.4 Å². The Balaban J connectivity index is 1.87. The molecule has 1 aromatic heterocycles. The fourth-order valence-electron chi connectivity index (χ4n) is 3.20. The van der Waals surface area contributed by atoms with Gasteiger partial charge in [0.05, 0.1) is 22.6 Å². The van der Waals surface area contributed by atoms with Crippen LogP contribution < -0.4 is 0 Å². The van der Waals surface area contributed by atoms with Crippen molar-refractivity contribution in [1.29, 1.82) is 0 Å². The molecule has 0 atom stereocenters. The first kappa shape index (κ1) is 14.1. The second-order valence-electron chi connectivity index (χ2n) is 6.01. The average Bonchev–Trinajstić information content (AvgIpc) is 2.74. The molecule has 1 aliphatic rings. The topological polar surface area (TPSA) is 75.4 Å². The zero-order valence-corrected chi connectivity index (χ0v) is 12.1. The van der Waals surface area contributed by atoms with Gasteiger partial charge < -0.3 is 14.8 Å². The Kier molecular flexibility index (Phi) is 3.45. The van der Waals surface area contributed by atoms with Crippen LogP contribution in [0.2, 0.25) is 0 Å². The number of fused-ring (bicyclic) bond motifs is 1. The molecule has 1 aliphatic carbocycles. The normalized spacial score (nSPS) is 25.0. The predicted octanol–water partition coefficient (Wildman–Crippen LogP) is 2.21. The minimum atomic E-state index is -0.921. The molecule has 1 saturated carbocycles. The predicted molar refractivity (Wildman–Crippen MR) is 79.0 cm³/mol. The van der Waals surface area contributed by atoms with E-state index in [0.29, 0.717) is 19.3 Å². The summed E-state index contributed by atoms with van der Waals surface area (Å²) >= 11 is 0. The molecule has 1 aromatic carbocycles. The van der Waals surface area contributed by atoms with Crippen molar-refractivity contribution in [2.45, 2.75) is 44.8 Å². The second-order valence-corrected chi connectivity index (χ2v) is 6.01. The van der Waals surface area contributed by atoms with Crippen molar-refractivity contribution in [2.75, 3.05) is 0 Å². The number of carboxylic acid groups (broad SMARTS) is 1. The molecule has 0 saturated heterocycles. The van der Waals surface area contributed by atoms with E-state index in [9.17, 15) is 9.90 Å². The Morgan fingerprint density at radius 2 is 2.14 bits per heavy atom. The molecule has 2 aromatic rings. The highest BCUT2D eigenvalue weighted by Crippen LogP contribution is 2.40. The van der Waals surface area contributed by atoms with Crippen LogP contribution in [0.25, 0.3) is 11.0 Å². The van der Waals surface area contributed by atoms with Gasteiger partial charge >= 0.3 is 5.97 Å². The highest BCUT2D eigenvalue weighted by Gasteiger charge is 2.47. The summed E-state index contributed by atoms with van der Waals surface area (Å²) in [4.78, 5) is 15.5. The van der Waals surface area contributed by atoms with E-state index in [-0.39, 0.29) is 0 Å². The Hall–Kier alpha value is -1.88. The molecule has 3 rings (SSSR count). The number of hydrogen-bond acceptors (Lipinski definition) is 3. The largest absolute Gasteiger partial charge is 0.481 e. The smallest absolute Gasteiger partial charge is 0.306 e. The van der Waals surface area contributed by atoms with Gasteiger partial charge in [0.25, 0.3) is 0 Å². The lowest BCUT2D eigenvalue weighted by molar-refractivity contribution is -0.158. The van der Waals surface area contributed by atoms with E-state index in [1.54, 1.807) is 0 Å². The molecular weight excluding hydrogens is 268 g/mol. The van der Waals surface area contributed by atoms with E-state index in [1.807, 2.05) is 24.3 Å². The molecule has 1 heterocycles. The van der Waals surface area contributed by atoms with Crippen molar-refractivity contribution in [3.8, 4) is 0 Å². The van der Waals surface area contributed by atoms with Gasteiger partial charge in [0.1, 0.15) is 5.82 Å². The number of aliphatic hydroxyl groups is 1. The molecule has 21 heavy (non-hydrogen) atoms. The minimum Gasteiger partial charge on any atom is -0.481 e. The lowest BCUT2D eigenvalue weighted by Gasteiger charge is -2.41. The highest BCUT2D eigenvalue weighted by molar-refractivity contribution is 5.76. The van der Waals surface area contributed by atoms with Crippen molar-refractivity contribution >= 4 is 17.0 Å². The molecule has 0 bridgehead atoms. The zero-order valence-electron chi connectivity index (χ0n) is 12.1. The molecule has 5 nitrogen and oxygen atoms in total. The van der Waals surface area contributed by atoms with Crippen LogP contribution in [-0.2, 0) is 17.8 Å². The number of rotatable bonds is 5. The van der Waals surface area contributed by atoms with Gasteiger partial charge in [-0.1, -0.05) is 19.1 Å². The lowest BCUT2D eigenvalue weighted by Crippen LogP contribution is -2.49. The minimum absolute atomic E-state index is 0.317. The van der Waals surface area contributed by atoms with Crippen molar-refractivity contribution in [2.24, 2.45) is 5.92 Å². The SMILES string of the molecule is CCCn1c(CC2(O)CC(C(=O)O)C2)nc2ccccc21. The molecule has 0 unspecified atom stereocenters. The van der Waals surface area contributed by atoms with E-state index in [1.165, 1.54) is 0 Å². The molecule has 0 amide bonds. The van der Waals surface area contributed by atoms with Gasteiger partial charge in [0.2, 0.25) is 0 Å². The second kappa shape index (κ2) is 5.15. The van der Waals surface area contributed by atoms with Crippen LogP contribution in [0.1, 0.15) is 32.0 Å². The fourth-order valence-corrected chi connectivity index (χ4v) is 3.20. The monoisotopic (exact) mass is 288 g/mol. The third-order valence-corrected chi connectivity index (χ3v) is 4.27. The number of aliphatic carboxylic acids is 1. The number of benzene rings is 1. The maximum Gasteiger partial charge on any atom is 0.306 e. The van der Waals surface area contributed by atoms with Crippen LogP contribution in [0, 0.1) is 5.92 Å². The number of aromatic nitrogens is 2. The summed E-state index contributed by atoms with van der Waals surface area (Å²) in [6, 6.07) is 7.94. The van der Waals surface area contributed by atoms with Crippen LogP contribution in [0.4, 0.5) is 0 Å². The van der Waals surface area contributed by atoms with Gasteiger partial charge in [0.15, 0.2) is 0 Å². The Bertz CT molecular complexity index is 671. The summed E-state index contributed by atoms with van der Waals surface area (Å²) in [5.41, 5.74) is 1.08. The highest BCUT2D eigenvalue weighted by atomic mass is 16.4. The zero-order chi connectivity index (χ0) is 15.0. The lowest BCUT2D eigenvalue weighted by atomic mass is 9.69. The molecule has 112 valence electrons. The van der Waals surface area contributed by atoms with Gasteiger partial charge in [-0.25, -0.2) is 4.98 Å². The van der Waals surface area contributed by atoms with Crippen molar-refractivity contribution in [3.63, 3.8) is 0 Å². The Morgan fingerprint density at radius 1 is 1.43 bits per heavy atom. The van der Waals surface area contributed by atoms with E-state index < -0.39 is 17.5 Å². The van der Waals surface area contributed by atoms with E-state index >= 15 is 0 Å². The molecule has 2 N–H and O–H groups in total. The van der Waals surface area contributed by atoms with Gasteiger partial charge in [0, 0.05) is 13.0 Å². The van der Waals surface area contributed by atoms with Crippen LogP contribution in [0.15, 0.2) is 24.3 Å². The summed E-state index contributed by atoms with van der Waals surface area (Å²) in [5, 5.41) is 19.4. The standard InChI is InChI=1S/C16H20N2O3/c1-2-7-18-13-6-4-3-5-12(13)17-14(18)10-16(21)8-11(9-16)15(19)20/h3-6,11,21H,2,7-10H2,1H3,(H,19,20). The maximum atomic E-state index is 10.9. The van der Waals surface area contributed by atoms with Gasteiger partial charge in [-0.15, -0.1) is 0 Å². The molecule has 0 spiro atoms. The van der Waals surface area contributed by atoms with Crippen molar-refractivity contribution in [1.82, 2.24) is 9.55 Å². The van der Waals surface area contributed by atoms with Crippen molar-refractivity contribution < 1.29 is 15.0 Å². The number of carboxylic acids is 1. The molecule has 0 radical (unpaired) electrons. The summed E-state index contributed by atoms with van der Waals surface area (Å²) < 4.78 is 2.14. The summed E-state index contributed by atoms with van der Waals surface area (Å²) in [6.45, 7) is 2.96. The van der Waals surface area contributed by atoms with Crippen LogP contribution in [0.3, 0.4) is 0 Å². The third kappa shape index (κ3) is 2.53. The summed E-state index contributed by atoms with van der Waals surface area (Å²) in [7, 11) is 0. The van der Waals surface area contributed by atoms with E-state index in [0.717, 1.165) is 29.8 Å². The Labute approximate surface area is 123 Å². The quantitative estimate of drug-likeness (QED) is 0.884. The first-order chi connectivity index (χ1) is 10.0. The summed E-state index contributed by atoms with van der Waals surface area (Å²) in [6.07, 6.45) is 2.05. The maximum absolute atomic E-state index is 10.9. The van der Waals surface area contributed by atoms with E-state index in [2.05, 4.69) is 16.5 Å². The number of aryl methyl sites for hydroxylation is 1. The van der Waals surface area contributed by atoms with Gasteiger partial charge in [-0.3, -0.25) is 4.79 Å². The molecule has 0 aliphatic heterocycles. The first-order valence-corrected chi connectivity index (χ1v) is 7.42. The molecule has 1 fully saturated rings.